The number of phenolic OH excluding ortho intramolecular Hbond substituents is 1. The highest BCUT2D eigenvalue weighted by Crippen LogP contribution is 2.69. The van der Waals surface area contributed by atoms with Crippen molar-refractivity contribution in [3.05, 3.63) is 70.5 Å². The monoisotopic (exact) mass is 616 g/mol. The molecule has 3 aliphatic rings. The van der Waals surface area contributed by atoms with Gasteiger partial charge in [-0.2, -0.15) is 0 Å². The molecule has 1 saturated carbocycles. The van der Waals surface area contributed by atoms with Gasteiger partial charge in [0, 0.05) is 11.5 Å². The lowest BCUT2D eigenvalue weighted by atomic mass is 9.39. The van der Waals surface area contributed by atoms with Crippen LogP contribution in [0.25, 0.3) is 0 Å². The van der Waals surface area contributed by atoms with E-state index >= 15 is 9.59 Å². The molecular formula is C39H52O6. The molecule has 1 aromatic rings. The number of fused-ring (bicyclic) bond motifs is 1. The number of carbonyl (C=O) groups is 3. The third-order valence-electron chi connectivity index (χ3n) is 10.7. The summed E-state index contributed by atoms with van der Waals surface area (Å²) >= 11 is 0. The minimum absolute atomic E-state index is 0.0215. The van der Waals surface area contributed by atoms with Gasteiger partial charge in [-0.15, -0.1) is 0 Å². The summed E-state index contributed by atoms with van der Waals surface area (Å²) in [7, 11) is 1.44. The molecule has 0 radical (unpaired) electrons. The van der Waals surface area contributed by atoms with Gasteiger partial charge in [0.15, 0.2) is 28.8 Å². The predicted molar refractivity (Wildman–Crippen MR) is 178 cm³/mol. The zero-order valence-corrected chi connectivity index (χ0v) is 29.1. The number of ether oxygens (including phenoxy) is 2. The lowest BCUT2D eigenvalue weighted by molar-refractivity contribution is -0.185. The van der Waals surface area contributed by atoms with Gasteiger partial charge in [0.25, 0.3) is 0 Å². The Morgan fingerprint density at radius 1 is 1.04 bits per heavy atom. The summed E-state index contributed by atoms with van der Waals surface area (Å²) < 4.78 is 12.1. The summed E-state index contributed by atoms with van der Waals surface area (Å²) in [5.41, 5.74) is -1.91. The number of carbonyl (C=O) groups excluding carboxylic acids is 3. The standard InChI is InChI=1S/C39H52O6/c1-23(2)12-15-27-21-38-22-28(16-13-24(3)4)37(9,10)45-34(38)31(32(41)26-14-17-30(44-11)29(40)20-26)33(42)39(35(38)43,36(27,7)8)19-18-25(5)6/h12-15,17-18,20,23,27-28,40H,16,19,21-22H2,1-11H3/b15-12-/t27-,28+,38+,39+/m1/s1. The maximum absolute atomic E-state index is 15.4. The van der Waals surface area contributed by atoms with E-state index in [1.807, 2.05) is 47.6 Å². The van der Waals surface area contributed by atoms with Gasteiger partial charge in [0.2, 0.25) is 0 Å². The van der Waals surface area contributed by atoms with Crippen molar-refractivity contribution in [3.8, 4) is 11.5 Å². The third-order valence-corrected chi connectivity index (χ3v) is 10.7. The molecule has 6 heteroatoms. The first-order valence-electron chi connectivity index (χ1n) is 16.3. The van der Waals surface area contributed by atoms with Crippen molar-refractivity contribution in [2.24, 2.45) is 34.0 Å². The topological polar surface area (TPSA) is 89.9 Å². The predicted octanol–water partition coefficient (Wildman–Crippen LogP) is 8.75. The molecule has 1 aliphatic heterocycles. The molecule has 2 fully saturated rings. The van der Waals surface area contributed by atoms with Crippen LogP contribution in [0.3, 0.4) is 0 Å². The van der Waals surface area contributed by atoms with Crippen LogP contribution in [-0.4, -0.2) is 35.2 Å². The SMILES string of the molecule is COc1ccc(C(=O)C2=C3OC(C)(C)[C@@H](CC=C(C)C)C[C@@]34C[C@@H](/C=C\C(C)C)C(C)(C)[C@@](CC=C(C)C)(C2=O)C4=O)cc1O. The molecule has 0 unspecified atom stereocenters. The number of hydrogen-bond acceptors (Lipinski definition) is 6. The molecule has 4 rings (SSSR count). The summed E-state index contributed by atoms with van der Waals surface area (Å²) in [6.45, 7) is 20.3. The summed E-state index contributed by atoms with van der Waals surface area (Å²) in [5.74, 6) is -0.763. The van der Waals surface area contributed by atoms with Crippen LogP contribution in [0.1, 0.15) is 105 Å². The van der Waals surface area contributed by atoms with Crippen molar-refractivity contribution >= 4 is 17.3 Å². The highest BCUT2D eigenvalue weighted by molar-refractivity contribution is 6.35. The molecule has 45 heavy (non-hydrogen) atoms. The van der Waals surface area contributed by atoms with E-state index < -0.39 is 33.4 Å². The lowest BCUT2D eigenvalue weighted by Crippen LogP contribution is -2.69. The Hall–Kier alpha value is -3.41. The first kappa shape index (κ1) is 34.5. The fourth-order valence-corrected chi connectivity index (χ4v) is 7.72. The van der Waals surface area contributed by atoms with Crippen LogP contribution in [0.5, 0.6) is 11.5 Å². The third kappa shape index (κ3) is 5.63. The van der Waals surface area contributed by atoms with Crippen molar-refractivity contribution in [1.29, 1.82) is 0 Å². The average Bonchev–Trinajstić information content (AvgIpc) is 2.93. The Kier molecular flexibility index (Phi) is 9.25. The van der Waals surface area contributed by atoms with Gasteiger partial charge in [0.05, 0.1) is 12.5 Å². The average molecular weight is 617 g/mol. The molecule has 1 aromatic carbocycles. The molecule has 4 atom stereocenters. The van der Waals surface area contributed by atoms with Crippen LogP contribution in [0.2, 0.25) is 0 Å². The summed E-state index contributed by atoms with van der Waals surface area (Å²) in [5, 5.41) is 10.6. The van der Waals surface area contributed by atoms with Gasteiger partial charge in [-0.25, -0.2) is 0 Å². The summed E-state index contributed by atoms with van der Waals surface area (Å²) in [6, 6.07) is 4.39. The zero-order valence-electron chi connectivity index (χ0n) is 29.1. The molecule has 2 aliphatic carbocycles. The molecule has 1 saturated heterocycles. The largest absolute Gasteiger partial charge is 0.504 e. The van der Waals surface area contributed by atoms with Gasteiger partial charge in [-0.1, -0.05) is 63.1 Å². The molecule has 6 nitrogen and oxygen atoms in total. The van der Waals surface area contributed by atoms with E-state index in [1.54, 1.807) is 6.07 Å². The molecule has 1 heterocycles. The molecule has 1 spiro atoms. The molecule has 0 aromatic heterocycles. The smallest absolute Gasteiger partial charge is 0.200 e. The van der Waals surface area contributed by atoms with E-state index in [4.69, 9.17) is 9.47 Å². The number of rotatable bonds is 9. The maximum Gasteiger partial charge on any atom is 0.200 e. The van der Waals surface area contributed by atoms with Crippen molar-refractivity contribution in [3.63, 3.8) is 0 Å². The summed E-state index contributed by atoms with van der Waals surface area (Å²) in [4.78, 5) is 45.2. The van der Waals surface area contributed by atoms with E-state index in [2.05, 4.69) is 45.9 Å². The van der Waals surface area contributed by atoms with E-state index in [0.717, 1.165) is 12.0 Å². The number of phenols is 1. The van der Waals surface area contributed by atoms with Gasteiger partial charge in [-0.05, 0) is 103 Å². The van der Waals surface area contributed by atoms with Crippen LogP contribution in [0.4, 0.5) is 0 Å². The zero-order chi connectivity index (χ0) is 33.7. The first-order valence-corrected chi connectivity index (χ1v) is 16.3. The number of Topliss-reactive ketones (excluding diaryl/α,β-unsaturated/α-hetero) is 3. The normalized spacial score (nSPS) is 28.4. The number of hydrogen-bond donors (Lipinski definition) is 1. The summed E-state index contributed by atoms with van der Waals surface area (Å²) in [6.07, 6.45) is 10.4. The van der Waals surface area contributed by atoms with Crippen LogP contribution in [0.15, 0.2) is 65.0 Å². The second kappa shape index (κ2) is 12.1. The second-order valence-corrected chi connectivity index (χ2v) is 15.3. The van der Waals surface area contributed by atoms with Crippen molar-refractivity contribution in [2.75, 3.05) is 7.11 Å². The van der Waals surface area contributed by atoms with Crippen LogP contribution in [0, 0.1) is 34.0 Å². The van der Waals surface area contributed by atoms with Gasteiger partial charge >= 0.3 is 0 Å². The fourth-order valence-electron chi connectivity index (χ4n) is 7.72. The Morgan fingerprint density at radius 3 is 2.24 bits per heavy atom. The Bertz CT molecular complexity index is 1510. The van der Waals surface area contributed by atoms with Crippen molar-refractivity contribution in [1.82, 2.24) is 0 Å². The van der Waals surface area contributed by atoms with E-state index in [0.29, 0.717) is 18.8 Å². The first-order chi connectivity index (χ1) is 20.9. The van der Waals surface area contributed by atoms with E-state index in [-0.39, 0.29) is 52.4 Å². The minimum Gasteiger partial charge on any atom is -0.504 e. The number of ketones is 3. The highest BCUT2D eigenvalue weighted by atomic mass is 16.5. The van der Waals surface area contributed by atoms with E-state index in [1.165, 1.54) is 24.8 Å². The Labute approximate surface area is 269 Å². The number of benzene rings is 1. The Morgan fingerprint density at radius 2 is 1.69 bits per heavy atom. The maximum atomic E-state index is 15.4. The van der Waals surface area contributed by atoms with Crippen molar-refractivity contribution < 1.29 is 29.0 Å². The minimum atomic E-state index is -1.48. The Balaban J connectivity index is 2.10. The molecular weight excluding hydrogens is 564 g/mol. The quantitative estimate of drug-likeness (QED) is 0.129. The number of aromatic hydroxyl groups is 1. The number of allylic oxidation sites excluding steroid dienone is 8. The molecule has 0 amide bonds. The molecule has 1 N–H and O–H groups in total. The second-order valence-electron chi connectivity index (χ2n) is 15.3. The van der Waals surface area contributed by atoms with Crippen LogP contribution < -0.4 is 4.74 Å². The van der Waals surface area contributed by atoms with Crippen LogP contribution in [-0.2, 0) is 14.3 Å². The number of methoxy groups -OCH3 is 1. The van der Waals surface area contributed by atoms with Gasteiger partial charge < -0.3 is 14.6 Å². The van der Waals surface area contributed by atoms with Gasteiger partial charge in [-0.3, -0.25) is 14.4 Å². The molecule has 244 valence electrons. The van der Waals surface area contributed by atoms with Crippen molar-refractivity contribution in [2.45, 2.75) is 101 Å². The highest BCUT2D eigenvalue weighted by Gasteiger charge is 2.74. The molecule has 2 bridgehead atoms. The van der Waals surface area contributed by atoms with Crippen LogP contribution >= 0.6 is 0 Å². The van der Waals surface area contributed by atoms with E-state index in [9.17, 15) is 9.90 Å². The van der Waals surface area contributed by atoms with Gasteiger partial charge in [0.1, 0.15) is 22.3 Å². The fraction of sp³-hybridized carbons (Fsp3) is 0.564. The lowest BCUT2D eigenvalue weighted by Gasteiger charge is -2.63.